The first-order chi connectivity index (χ1) is 18.5. The van der Waals surface area contributed by atoms with E-state index in [1.54, 1.807) is 49.4 Å². The van der Waals surface area contributed by atoms with Gasteiger partial charge in [0.2, 0.25) is 18.0 Å². The van der Waals surface area contributed by atoms with Gasteiger partial charge >= 0.3 is 6.18 Å². The summed E-state index contributed by atoms with van der Waals surface area (Å²) in [5.41, 5.74) is 7.48. The van der Waals surface area contributed by atoms with Crippen molar-refractivity contribution in [3.63, 3.8) is 0 Å². The average molecular weight is 565 g/mol. The molecule has 2 aromatic carbocycles. The topological polar surface area (TPSA) is 114 Å². The fourth-order valence-electron chi connectivity index (χ4n) is 4.98. The standard InChI is InChI=1S/C27H28ClF3N4O4/c1-2-5-18(17(23(32)36)10-11-27(29,30)31)25(37)34-24-26(38)35-12-13-39-20-9-4-8-19(22(20)35)21(33-24)15-6-3-7-16(28)14-15/h3-4,6-9,14,17-18,24H,2,5,10-13H2,1H3,(H2,32,36)(H,34,37)/t17-,18+,24-/m1/s1. The van der Waals surface area contributed by atoms with E-state index in [1.807, 2.05) is 0 Å². The number of rotatable bonds is 9. The van der Waals surface area contributed by atoms with Crippen molar-refractivity contribution in [2.45, 2.75) is 44.9 Å². The van der Waals surface area contributed by atoms with Gasteiger partial charge in [-0.25, -0.2) is 4.99 Å². The van der Waals surface area contributed by atoms with Gasteiger partial charge in [-0.3, -0.25) is 14.4 Å². The van der Waals surface area contributed by atoms with Crippen LogP contribution in [0.3, 0.4) is 0 Å². The molecule has 0 bridgehead atoms. The zero-order chi connectivity index (χ0) is 28.3. The van der Waals surface area contributed by atoms with Crippen LogP contribution in [0.4, 0.5) is 18.9 Å². The first kappa shape index (κ1) is 28.4. The van der Waals surface area contributed by atoms with E-state index in [2.05, 4.69) is 10.3 Å². The Morgan fingerprint density at radius 1 is 1.21 bits per heavy atom. The molecule has 0 unspecified atom stereocenters. The minimum atomic E-state index is -4.52. The van der Waals surface area contributed by atoms with E-state index in [-0.39, 0.29) is 19.6 Å². The summed E-state index contributed by atoms with van der Waals surface area (Å²) in [6, 6.07) is 12.1. The van der Waals surface area contributed by atoms with Crippen LogP contribution in [0.1, 0.15) is 43.7 Å². The number of primary amides is 1. The molecule has 2 heterocycles. The zero-order valence-electron chi connectivity index (χ0n) is 21.1. The molecular weight excluding hydrogens is 537 g/mol. The van der Waals surface area contributed by atoms with Gasteiger partial charge in [-0.2, -0.15) is 13.2 Å². The third kappa shape index (κ3) is 6.35. The maximum absolute atomic E-state index is 13.7. The molecule has 8 nitrogen and oxygen atoms in total. The van der Waals surface area contributed by atoms with Crippen molar-refractivity contribution in [3.8, 4) is 5.75 Å². The molecular formula is C27H28ClF3N4O4. The Kier molecular flexibility index (Phi) is 8.48. The molecule has 3 N–H and O–H groups in total. The molecule has 4 rings (SSSR count). The second-order valence-electron chi connectivity index (χ2n) is 9.45. The van der Waals surface area contributed by atoms with Gasteiger partial charge < -0.3 is 20.7 Å². The number of halogens is 4. The van der Waals surface area contributed by atoms with E-state index in [1.165, 1.54) is 4.90 Å². The number of aliphatic imine (C=N–C) groups is 1. The SMILES string of the molecule is CCC[C@H](C(=O)N[C@H]1N=C(c2cccc(Cl)c2)c2cccc3c2N(CCO3)C1=O)[C@@H](CCC(F)(F)F)C(N)=O. The number of hydrogen-bond acceptors (Lipinski definition) is 5. The summed E-state index contributed by atoms with van der Waals surface area (Å²) in [5.74, 6) is -4.38. The van der Waals surface area contributed by atoms with Gasteiger partial charge in [0.05, 0.1) is 17.9 Å². The lowest BCUT2D eigenvalue weighted by Gasteiger charge is -2.31. The summed E-state index contributed by atoms with van der Waals surface area (Å²) in [5, 5.41) is 3.03. The summed E-state index contributed by atoms with van der Waals surface area (Å²) in [6.07, 6.45) is -7.33. The number of amides is 3. The molecule has 0 radical (unpaired) electrons. The Labute approximate surface area is 228 Å². The Bertz CT molecular complexity index is 1300. The number of para-hydroxylation sites is 1. The molecule has 39 heavy (non-hydrogen) atoms. The summed E-state index contributed by atoms with van der Waals surface area (Å²) < 4.78 is 44.6. The highest BCUT2D eigenvalue weighted by atomic mass is 35.5. The monoisotopic (exact) mass is 564 g/mol. The highest BCUT2D eigenvalue weighted by Gasteiger charge is 2.40. The number of hydrogen-bond donors (Lipinski definition) is 2. The van der Waals surface area contributed by atoms with Crippen LogP contribution in [0, 0.1) is 11.8 Å². The molecule has 0 aliphatic carbocycles. The highest BCUT2D eigenvalue weighted by Crippen LogP contribution is 2.39. The molecule has 2 aliphatic rings. The number of carbonyl (C=O) groups excluding carboxylic acids is 3. The Morgan fingerprint density at radius 3 is 2.62 bits per heavy atom. The van der Waals surface area contributed by atoms with Crippen LogP contribution in [-0.2, 0) is 14.4 Å². The first-order valence-corrected chi connectivity index (χ1v) is 13.0. The lowest BCUT2D eigenvalue weighted by molar-refractivity contribution is -0.146. The Hall–Kier alpha value is -3.60. The second-order valence-corrected chi connectivity index (χ2v) is 9.88. The molecule has 0 aromatic heterocycles. The Morgan fingerprint density at radius 2 is 1.95 bits per heavy atom. The maximum Gasteiger partial charge on any atom is 0.389 e. The molecule has 2 aromatic rings. The van der Waals surface area contributed by atoms with Gasteiger partial charge in [0.1, 0.15) is 12.4 Å². The van der Waals surface area contributed by atoms with E-state index >= 15 is 0 Å². The van der Waals surface area contributed by atoms with Gasteiger partial charge in [-0.05, 0) is 31.0 Å². The van der Waals surface area contributed by atoms with Crippen molar-refractivity contribution in [1.29, 1.82) is 0 Å². The summed E-state index contributed by atoms with van der Waals surface area (Å²) >= 11 is 6.23. The van der Waals surface area contributed by atoms with Crippen LogP contribution in [0.15, 0.2) is 47.5 Å². The molecule has 0 spiro atoms. The minimum Gasteiger partial charge on any atom is -0.490 e. The number of carbonyl (C=O) groups is 3. The summed E-state index contributed by atoms with van der Waals surface area (Å²) in [7, 11) is 0. The van der Waals surface area contributed by atoms with E-state index in [9.17, 15) is 27.6 Å². The zero-order valence-corrected chi connectivity index (χ0v) is 21.9. The number of ether oxygens (including phenoxy) is 1. The minimum absolute atomic E-state index is 0.102. The Balaban J connectivity index is 1.74. The molecule has 208 valence electrons. The first-order valence-electron chi connectivity index (χ1n) is 12.6. The number of nitrogens with zero attached hydrogens (tertiary/aromatic N) is 2. The lowest BCUT2D eigenvalue weighted by atomic mass is 9.83. The van der Waals surface area contributed by atoms with Crippen LogP contribution in [0.25, 0.3) is 0 Å². The van der Waals surface area contributed by atoms with Crippen molar-refractivity contribution in [3.05, 3.63) is 58.6 Å². The number of nitrogens with two attached hydrogens (primary N) is 1. The number of anilines is 1. The van der Waals surface area contributed by atoms with Crippen LogP contribution >= 0.6 is 11.6 Å². The predicted octanol–water partition coefficient (Wildman–Crippen LogP) is 4.22. The van der Waals surface area contributed by atoms with Gasteiger partial charge in [-0.15, -0.1) is 0 Å². The summed E-state index contributed by atoms with van der Waals surface area (Å²) in [6.45, 7) is 2.15. The third-order valence-electron chi connectivity index (χ3n) is 6.76. The predicted molar refractivity (Wildman–Crippen MR) is 140 cm³/mol. The lowest BCUT2D eigenvalue weighted by Crippen LogP contribution is -2.52. The summed E-state index contributed by atoms with van der Waals surface area (Å²) in [4.78, 5) is 45.5. The van der Waals surface area contributed by atoms with Crippen molar-refractivity contribution in [2.75, 3.05) is 18.1 Å². The van der Waals surface area contributed by atoms with Crippen molar-refractivity contribution >= 4 is 40.7 Å². The van der Waals surface area contributed by atoms with Crippen molar-refractivity contribution in [2.24, 2.45) is 22.6 Å². The van der Waals surface area contributed by atoms with Gasteiger partial charge in [0.15, 0.2) is 0 Å². The average Bonchev–Trinajstić information content (AvgIpc) is 2.99. The number of benzene rings is 2. The van der Waals surface area contributed by atoms with Crippen LogP contribution in [0.2, 0.25) is 5.02 Å². The molecule has 3 amide bonds. The van der Waals surface area contributed by atoms with Crippen molar-refractivity contribution in [1.82, 2.24) is 5.32 Å². The molecule has 12 heteroatoms. The molecule has 0 saturated heterocycles. The second kappa shape index (κ2) is 11.6. The molecule has 3 atom stereocenters. The molecule has 2 aliphatic heterocycles. The van der Waals surface area contributed by atoms with Gasteiger partial charge in [0, 0.05) is 34.4 Å². The van der Waals surface area contributed by atoms with Crippen LogP contribution in [0.5, 0.6) is 5.75 Å². The normalized spacial score (nSPS) is 18.3. The maximum atomic E-state index is 13.7. The highest BCUT2D eigenvalue weighted by molar-refractivity contribution is 6.31. The number of alkyl halides is 3. The third-order valence-corrected chi connectivity index (χ3v) is 6.99. The number of nitrogens with one attached hydrogen (secondary N) is 1. The quantitative estimate of drug-likeness (QED) is 0.475. The van der Waals surface area contributed by atoms with E-state index in [0.717, 1.165) is 0 Å². The van der Waals surface area contributed by atoms with Gasteiger partial charge in [-0.1, -0.05) is 49.2 Å². The van der Waals surface area contributed by atoms with E-state index in [4.69, 9.17) is 22.1 Å². The van der Waals surface area contributed by atoms with Crippen LogP contribution < -0.4 is 20.7 Å². The largest absolute Gasteiger partial charge is 0.490 e. The van der Waals surface area contributed by atoms with E-state index < -0.39 is 54.7 Å². The van der Waals surface area contributed by atoms with E-state index in [0.29, 0.717) is 39.7 Å². The van der Waals surface area contributed by atoms with Crippen molar-refractivity contribution < 1.29 is 32.3 Å². The van der Waals surface area contributed by atoms with Crippen LogP contribution in [-0.4, -0.2) is 48.9 Å². The fraction of sp³-hybridized carbons (Fsp3) is 0.407. The molecule has 0 saturated carbocycles. The molecule has 0 fully saturated rings. The smallest absolute Gasteiger partial charge is 0.389 e. The fourth-order valence-corrected chi connectivity index (χ4v) is 5.17. The van der Waals surface area contributed by atoms with Gasteiger partial charge in [0.25, 0.3) is 5.91 Å².